The number of aromatic nitrogens is 1. The number of hydrogen-bond acceptors (Lipinski definition) is 1. The second kappa shape index (κ2) is 12.3. The van der Waals surface area contributed by atoms with E-state index >= 15 is 0 Å². The van der Waals surface area contributed by atoms with E-state index in [1.54, 1.807) is 0 Å². The van der Waals surface area contributed by atoms with Crippen molar-refractivity contribution in [3.05, 3.63) is 53.9 Å². The molecule has 0 spiro atoms. The van der Waals surface area contributed by atoms with Crippen LogP contribution in [-0.2, 0) is 6.42 Å². The lowest BCUT2D eigenvalue weighted by molar-refractivity contribution is 0.236. The fourth-order valence-corrected chi connectivity index (χ4v) is 5.47. The van der Waals surface area contributed by atoms with E-state index in [4.69, 9.17) is 0 Å². The average Bonchev–Trinajstić information content (AvgIpc) is 2.80. The summed E-state index contributed by atoms with van der Waals surface area (Å²) in [5.74, 6) is 2.38. The monoisotopic (exact) mass is 405 g/mol. The first-order chi connectivity index (χ1) is 14.7. The normalized spacial score (nSPS) is 20.2. The Morgan fingerprint density at radius 2 is 1.63 bits per heavy atom. The summed E-state index contributed by atoms with van der Waals surface area (Å²) in [6.07, 6.45) is 20.6. The molecule has 1 nitrogen and oxygen atoms in total. The van der Waals surface area contributed by atoms with Gasteiger partial charge >= 0.3 is 0 Å². The zero-order chi connectivity index (χ0) is 21.2. The molecule has 1 aromatic heterocycles. The van der Waals surface area contributed by atoms with Gasteiger partial charge in [-0.25, -0.2) is 0 Å². The Hall–Kier alpha value is -1.63. The molecule has 0 amide bonds. The molecule has 1 atom stereocenters. The molecule has 3 rings (SSSR count). The fraction of sp³-hybridized carbons (Fsp3) is 0.621. The summed E-state index contributed by atoms with van der Waals surface area (Å²) in [6, 6.07) is 11.3. The molecule has 1 unspecified atom stereocenters. The van der Waals surface area contributed by atoms with E-state index in [2.05, 4.69) is 62.3 Å². The summed E-state index contributed by atoms with van der Waals surface area (Å²) in [6.45, 7) is 7.05. The van der Waals surface area contributed by atoms with E-state index in [1.807, 2.05) is 6.20 Å². The van der Waals surface area contributed by atoms with Crippen LogP contribution >= 0.6 is 0 Å². The fourth-order valence-electron chi connectivity index (χ4n) is 5.47. The minimum absolute atomic E-state index is 0.592. The number of nitrogens with zero attached hydrogens (tertiary/aromatic N) is 1. The Labute approximate surface area is 185 Å². The van der Waals surface area contributed by atoms with Crippen LogP contribution in [0.2, 0.25) is 0 Å². The third-order valence-electron chi connectivity index (χ3n) is 7.51. The zero-order valence-electron chi connectivity index (χ0n) is 19.7. The number of rotatable bonds is 11. The van der Waals surface area contributed by atoms with Crippen molar-refractivity contribution in [2.45, 2.75) is 104 Å². The molecule has 30 heavy (non-hydrogen) atoms. The number of benzene rings is 1. The van der Waals surface area contributed by atoms with Gasteiger partial charge in [0.15, 0.2) is 0 Å². The first-order valence-corrected chi connectivity index (χ1v) is 12.8. The highest BCUT2D eigenvalue weighted by Gasteiger charge is 2.27. The number of pyridine rings is 1. The lowest BCUT2D eigenvalue weighted by Gasteiger charge is -2.33. The van der Waals surface area contributed by atoms with Gasteiger partial charge in [0.05, 0.1) is 0 Å². The highest BCUT2D eigenvalue weighted by molar-refractivity contribution is 5.71. The van der Waals surface area contributed by atoms with Crippen LogP contribution in [0.15, 0.2) is 42.7 Å². The van der Waals surface area contributed by atoms with Crippen molar-refractivity contribution in [1.82, 2.24) is 4.98 Å². The molecule has 1 heteroatoms. The van der Waals surface area contributed by atoms with E-state index in [0.717, 1.165) is 11.8 Å². The molecular weight excluding hydrogens is 362 g/mol. The van der Waals surface area contributed by atoms with Crippen molar-refractivity contribution in [2.24, 2.45) is 11.8 Å². The summed E-state index contributed by atoms with van der Waals surface area (Å²) in [5, 5.41) is 0. The Kier molecular flexibility index (Phi) is 9.43. The maximum absolute atomic E-state index is 4.55. The second-order valence-electron chi connectivity index (χ2n) is 9.64. The molecule has 2 aromatic rings. The maximum atomic E-state index is 4.55. The summed E-state index contributed by atoms with van der Waals surface area (Å²) < 4.78 is 0. The first-order valence-electron chi connectivity index (χ1n) is 12.8. The van der Waals surface area contributed by atoms with Crippen molar-refractivity contribution in [2.75, 3.05) is 0 Å². The van der Waals surface area contributed by atoms with Gasteiger partial charge < -0.3 is 0 Å². The smallest absolute Gasteiger partial charge is 0.0308 e. The third-order valence-corrected chi connectivity index (χ3v) is 7.51. The highest BCUT2D eigenvalue weighted by atomic mass is 14.6. The van der Waals surface area contributed by atoms with Crippen molar-refractivity contribution in [1.29, 1.82) is 0 Å². The second-order valence-corrected chi connectivity index (χ2v) is 9.64. The van der Waals surface area contributed by atoms with Crippen molar-refractivity contribution in [3.8, 4) is 11.1 Å². The predicted molar refractivity (Wildman–Crippen MR) is 131 cm³/mol. The lowest BCUT2D eigenvalue weighted by atomic mass is 9.72. The molecule has 1 aliphatic carbocycles. The lowest BCUT2D eigenvalue weighted by Crippen LogP contribution is -2.20. The standard InChI is InChI=1S/C29H43N/c1-4-6-8-9-12-24-16-18-25(19-17-24)23(3)29-22-30-21-20-28(29)27-15-11-10-14-26(27)13-7-5-2/h10-11,14-15,20-25H,4-9,12-13,16-19H2,1-3H3. The van der Waals surface area contributed by atoms with Gasteiger partial charge in [-0.15, -0.1) is 0 Å². The van der Waals surface area contributed by atoms with Crippen molar-refractivity contribution in [3.63, 3.8) is 0 Å². The molecule has 0 bridgehead atoms. The number of hydrogen-bond donors (Lipinski definition) is 0. The van der Waals surface area contributed by atoms with Gasteiger partial charge in [0, 0.05) is 12.4 Å². The van der Waals surface area contributed by atoms with Gasteiger partial charge in [0.25, 0.3) is 0 Å². The molecular formula is C29H43N. The largest absolute Gasteiger partial charge is 0.264 e. The average molecular weight is 406 g/mol. The van der Waals surface area contributed by atoms with E-state index in [9.17, 15) is 0 Å². The molecule has 164 valence electrons. The van der Waals surface area contributed by atoms with E-state index in [1.165, 1.54) is 99.3 Å². The van der Waals surface area contributed by atoms with Gasteiger partial charge in [0.2, 0.25) is 0 Å². The molecule has 0 N–H and O–H groups in total. The van der Waals surface area contributed by atoms with E-state index in [-0.39, 0.29) is 0 Å². The molecule has 0 radical (unpaired) electrons. The Morgan fingerprint density at radius 3 is 2.40 bits per heavy atom. The molecule has 1 saturated carbocycles. The Morgan fingerprint density at radius 1 is 0.867 bits per heavy atom. The SMILES string of the molecule is CCCCCCC1CCC(C(C)c2cnccc2-c2ccccc2CCCC)CC1. The van der Waals surface area contributed by atoms with E-state index < -0.39 is 0 Å². The van der Waals surface area contributed by atoms with Crippen LogP contribution in [-0.4, -0.2) is 4.98 Å². The highest BCUT2D eigenvalue weighted by Crippen LogP contribution is 2.42. The van der Waals surface area contributed by atoms with Crippen molar-refractivity contribution < 1.29 is 0 Å². The van der Waals surface area contributed by atoms with Crippen LogP contribution in [0.5, 0.6) is 0 Å². The van der Waals surface area contributed by atoms with Gasteiger partial charge in [-0.2, -0.15) is 0 Å². The van der Waals surface area contributed by atoms with Crippen LogP contribution in [0.4, 0.5) is 0 Å². The van der Waals surface area contributed by atoms with E-state index in [0.29, 0.717) is 5.92 Å². The molecule has 1 fully saturated rings. The maximum Gasteiger partial charge on any atom is 0.0308 e. The summed E-state index contributed by atoms with van der Waals surface area (Å²) >= 11 is 0. The quantitative estimate of drug-likeness (QED) is 0.340. The Bertz CT molecular complexity index is 742. The minimum atomic E-state index is 0.592. The van der Waals surface area contributed by atoms with Gasteiger partial charge in [-0.1, -0.05) is 96.4 Å². The molecule has 1 aromatic carbocycles. The van der Waals surface area contributed by atoms with Crippen LogP contribution < -0.4 is 0 Å². The van der Waals surface area contributed by atoms with Gasteiger partial charge in [-0.3, -0.25) is 4.98 Å². The third kappa shape index (κ3) is 6.19. The van der Waals surface area contributed by atoms with Crippen LogP contribution in [0, 0.1) is 11.8 Å². The van der Waals surface area contributed by atoms with Crippen molar-refractivity contribution >= 4 is 0 Å². The van der Waals surface area contributed by atoms with Crippen LogP contribution in [0.1, 0.15) is 108 Å². The molecule has 0 saturated heterocycles. The predicted octanol–water partition coefficient (Wildman–Crippen LogP) is 8.97. The molecule has 0 aliphatic heterocycles. The van der Waals surface area contributed by atoms with Gasteiger partial charge in [-0.05, 0) is 71.8 Å². The summed E-state index contributed by atoms with van der Waals surface area (Å²) in [4.78, 5) is 4.55. The molecule has 1 heterocycles. The summed E-state index contributed by atoms with van der Waals surface area (Å²) in [7, 11) is 0. The first kappa shape index (κ1) is 23.0. The topological polar surface area (TPSA) is 12.9 Å². The van der Waals surface area contributed by atoms with Gasteiger partial charge in [0.1, 0.15) is 0 Å². The molecule has 1 aliphatic rings. The number of aryl methyl sites for hydroxylation is 1. The minimum Gasteiger partial charge on any atom is -0.264 e. The zero-order valence-corrected chi connectivity index (χ0v) is 19.7. The summed E-state index contributed by atoms with van der Waals surface area (Å²) in [5.41, 5.74) is 5.81. The van der Waals surface area contributed by atoms with Crippen LogP contribution in [0.3, 0.4) is 0 Å². The Balaban J connectivity index is 1.68. The van der Waals surface area contributed by atoms with Crippen LogP contribution in [0.25, 0.3) is 11.1 Å². The number of unbranched alkanes of at least 4 members (excludes halogenated alkanes) is 4.